The molecule has 2 heterocycles. The van der Waals surface area contributed by atoms with Crippen molar-refractivity contribution in [1.29, 1.82) is 0 Å². The molecule has 0 amide bonds. The van der Waals surface area contributed by atoms with Crippen LogP contribution in [-0.2, 0) is 23.7 Å². The van der Waals surface area contributed by atoms with Crippen LogP contribution in [-0.4, -0.2) is 48.1 Å². The van der Waals surface area contributed by atoms with Crippen molar-refractivity contribution in [3.63, 3.8) is 0 Å². The summed E-state index contributed by atoms with van der Waals surface area (Å²) in [4.78, 5) is 10.6. The average molecular weight is 232 g/mol. The summed E-state index contributed by atoms with van der Waals surface area (Å²) in [5.74, 6) is -1.15. The lowest BCUT2D eigenvalue weighted by Gasteiger charge is -2.22. The van der Waals surface area contributed by atoms with E-state index < -0.39 is 36.4 Å². The zero-order valence-electron chi connectivity index (χ0n) is 9.50. The van der Waals surface area contributed by atoms with Gasteiger partial charge in [-0.05, 0) is 13.8 Å². The second-order valence-corrected chi connectivity index (χ2v) is 4.44. The van der Waals surface area contributed by atoms with E-state index in [1.807, 2.05) is 0 Å². The van der Waals surface area contributed by atoms with E-state index in [2.05, 4.69) is 0 Å². The van der Waals surface area contributed by atoms with E-state index in [9.17, 15) is 9.90 Å². The molecule has 0 bridgehead atoms. The van der Waals surface area contributed by atoms with Gasteiger partial charge in [0.05, 0.1) is 0 Å². The molecular formula is C10H16O6. The minimum atomic E-state index is -0.842. The third-order valence-corrected chi connectivity index (χ3v) is 2.57. The Morgan fingerprint density at radius 3 is 2.69 bits per heavy atom. The molecule has 1 unspecified atom stereocenters. The highest BCUT2D eigenvalue weighted by Crippen LogP contribution is 2.37. The number of esters is 1. The summed E-state index contributed by atoms with van der Waals surface area (Å²) >= 11 is 0. The fourth-order valence-corrected chi connectivity index (χ4v) is 1.90. The minimum absolute atomic E-state index is 0.0106. The van der Waals surface area contributed by atoms with Gasteiger partial charge >= 0.3 is 5.97 Å². The summed E-state index contributed by atoms with van der Waals surface area (Å²) in [5, 5.41) is 9.88. The Hall–Kier alpha value is -0.690. The molecule has 0 aliphatic carbocycles. The molecule has 2 saturated heterocycles. The maximum absolute atomic E-state index is 10.6. The topological polar surface area (TPSA) is 74.2 Å². The first-order chi connectivity index (χ1) is 7.39. The van der Waals surface area contributed by atoms with Gasteiger partial charge in [-0.15, -0.1) is 0 Å². The van der Waals surface area contributed by atoms with E-state index in [0.29, 0.717) is 0 Å². The van der Waals surface area contributed by atoms with Crippen molar-refractivity contribution in [1.82, 2.24) is 0 Å². The van der Waals surface area contributed by atoms with Crippen molar-refractivity contribution in [2.24, 2.45) is 0 Å². The molecule has 0 saturated carbocycles. The van der Waals surface area contributed by atoms with E-state index in [1.54, 1.807) is 13.8 Å². The van der Waals surface area contributed by atoms with Gasteiger partial charge in [0, 0.05) is 6.92 Å². The van der Waals surface area contributed by atoms with Crippen molar-refractivity contribution in [2.45, 2.75) is 51.2 Å². The number of fused-ring (bicyclic) bond motifs is 1. The van der Waals surface area contributed by atoms with Gasteiger partial charge in [-0.2, -0.15) is 0 Å². The fraction of sp³-hybridized carbons (Fsp3) is 0.900. The molecule has 0 aromatic rings. The van der Waals surface area contributed by atoms with Gasteiger partial charge in [0.25, 0.3) is 0 Å². The molecule has 1 N–H and O–H groups in total. The predicted octanol–water partition coefficient (Wildman–Crippen LogP) is -0.213. The van der Waals surface area contributed by atoms with Crippen LogP contribution >= 0.6 is 0 Å². The number of carbonyl (C=O) groups is 1. The minimum Gasteiger partial charge on any atom is -0.463 e. The lowest BCUT2D eigenvalue weighted by molar-refractivity contribution is -0.220. The maximum Gasteiger partial charge on any atom is 0.302 e. The second kappa shape index (κ2) is 3.96. The van der Waals surface area contributed by atoms with Crippen LogP contribution in [0.1, 0.15) is 20.8 Å². The van der Waals surface area contributed by atoms with E-state index in [4.69, 9.17) is 18.9 Å². The Morgan fingerprint density at radius 1 is 1.44 bits per heavy atom. The molecule has 0 aromatic heterocycles. The number of carbonyl (C=O) groups excluding carboxylic acids is 1. The summed E-state index contributed by atoms with van der Waals surface area (Å²) in [6.07, 6.45) is -2.54. The summed E-state index contributed by atoms with van der Waals surface area (Å²) in [6, 6.07) is 0. The molecule has 16 heavy (non-hydrogen) atoms. The first-order valence-electron chi connectivity index (χ1n) is 5.21. The number of ether oxygens (including phenoxy) is 4. The van der Waals surface area contributed by atoms with Crippen molar-refractivity contribution in [3.05, 3.63) is 0 Å². The van der Waals surface area contributed by atoms with E-state index in [0.717, 1.165) is 0 Å². The lowest BCUT2D eigenvalue weighted by atomic mass is 10.1. The summed E-state index contributed by atoms with van der Waals surface area (Å²) in [6.45, 7) is 4.82. The van der Waals surface area contributed by atoms with Crippen LogP contribution in [0.5, 0.6) is 0 Å². The molecule has 2 fully saturated rings. The lowest BCUT2D eigenvalue weighted by Crippen LogP contribution is -2.36. The molecule has 6 heteroatoms. The van der Waals surface area contributed by atoms with Crippen molar-refractivity contribution in [3.8, 4) is 0 Å². The van der Waals surface area contributed by atoms with Gasteiger partial charge in [-0.25, -0.2) is 0 Å². The van der Waals surface area contributed by atoms with Gasteiger partial charge < -0.3 is 24.1 Å². The summed E-state index contributed by atoms with van der Waals surface area (Å²) < 4.78 is 21.1. The molecular weight excluding hydrogens is 216 g/mol. The van der Waals surface area contributed by atoms with E-state index >= 15 is 0 Å². The average Bonchev–Trinajstić information content (AvgIpc) is 2.58. The molecule has 2 rings (SSSR count). The van der Waals surface area contributed by atoms with Gasteiger partial charge in [0.2, 0.25) is 0 Å². The summed E-state index contributed by atoms with van der Waals surface area (Å²) in [7, 11) is 0. The van der Waals surface area contributed by atoms with Crippen LogP contribution in [0.15, 0.2) is 0 Å². The standard InChI is InChI=1S/C10H16O6/c1-5(11)13-4-6-7(12)8-9(14-6)16-10(2,3)15-8/h6-9,12H,4H2,1-3H3/t6-,7-,8?,9-/m1/s1. The number of aliphatic hydroxyl groups is 1. The zero-order valence-corrected chi connectivity index (χ0v) is 9.50. The Balaban J connectivity index is 1.92. The highest BCUT2D eigenvalue weighted by Gasteiger charge is 2.54. The predicted molar refractivity (Wildman–Crippen MR) is 51.3 cm³/mol. The Labute approximate surface area is 93.4 Å². The van der Waals surface area contributed by atoms with E-state index in [1.165, 1.54) is 6.92 Å². The van der Waals surface area contributed by atoms with Gasteiger partial charge in [-0.3, -0.25) is 4.79 Å². The van der Waals surface area contributed by atoms with Crippen LogP contribution in [0, 0.1) is 0 Å². The van der Waals surface area contributed by atoms with Gasteiger partial charge in [0.1, 0.15) is 24.9 Å². The first kappa shape index (κ1) is 11.8. The molecule has 0 radical (unpaired) electrons. The maximum atomic E-state index is 10.6. The molecule has 2 aliphatic heterocycles. The monoisotopic (exact) mass is 232 g/mol. The second-order valence-electron chi connectivity index (χ2n) is 4.44. The zero-order chi connectivity index (χ0) is 11.9. The van der Waals surface area contributed by atoms with Gasteiger partial charge in [0.15, 0.2) is 12.1 Å². The Morgan fingerprint density at radius 2 is 2.12 bits per heavy atom. The molecule has 92 valence electrons. The first-order valence-corrected chi connectivity index (χ1v) is 5.21. The highest BCUT2D eigenvalue weighted by atomic mass is 16.8. The Kier molecular flexibility index (Phi) is 2.91. The van der Waals surface area contributed by atoms with Crippen LogP contribution in [0.25, 0.3) is 0 Å². The molecule has 6 nitrogen and oxygen atoms in total. The molecule has 0 spiro atoms. The van der Waals surface area contributed by atoms with Crippen LogP contribution in [0.3, 0.4) is 0 Å². The Bertz CT molecular complexity index is 289. The molecule has 4 atom stereocenters. The van der Waals surface area contributed by atoms with Crippen LogP contribution < -0.4 is 0 Å². The largest absolute Gasteiger partial charge is 0.463 e. The molecule has 2 aliphatic rings. The third kappa shape index (κ3) is 2.20. The van der Waals surface area contributed by atoms with E-state index in [-0.39, 0.29) is 6.61 Å². The molecule has 0 aromatic carbocycles. The number of hydrogen-bond acceptors (Lipinski definition) is 6. The normalized spacial score (nSPS) is 40.8. The SMILES string of the molecule is CC(=O)OC[C@H]1O[C@@H]2OC(C)(C)OC2[C@@H]1O. The highest BCUT2D eigenvalue weighted by molar-refractivity contribution is 5.65. The fourth-order valence-electron chi connectivity index (χ4n) is 1.90. The number of aliphatic hydroxyl groups excluding tert-OH is 1. The smallest absolute Gasteiger partial charge is 0.302 e. The number of hydrogen-bond donors (Lipinski definition) is 1. The van der Waals surface area contributed by atoms with Crippen molar-refractivity contribution in [2.75, 3.05) is 6.61 Å². The third-order valence-electron chi connectivity index (χ3n) is 2.57. The van der Waals surface area contributed by atoms with Gasteiger partial charge in [-0.1, -0.05) is 0 Å². The summed E-state index contributed by atoms with van der Waals surface area (Å²) in [5.41, 5.74) is 0. The van der Waals surface area contributed by atoms with Crippen LogP contribution in [0.4, 0.5) is 0 Å². The van der Waals surface area contributed by atoms with Crippen molar-refractivity contribution < 1.29 is 28.8 Å². The van der Waals surface area contributed by atoms with Crippen molar-refractivity contribution >= 4 is 5.97 Å². The quantitative estimate of drug-likeness (QED) is 0.664. The van der Waals surface area contributed by atoms with Crippen LogP contribution in [0.2, 0.25) is 0 Å². The number of rotatable bonds is 2.